The van der Waals surface area contributed by atoms with Crippen LogP contribution < -0.4 is 19.5 Å². The lowest BCUT2D eigenvalue weighted by atomic mass is 10.2. The Bertz CT molecular complexity index is 888. The van der Waals surface area contributed by atoms with Crippen molar-refractivity contribution in [2.75, 3.05) is 32.2 Å². The molecule has 0 aromatic heterocycles. The summed E-state index contributed by atoms with van der Waals surface area (Å²) in [5.41, 5.74) is 0.763. The van der Waals surface area contributed by atoms with Crippen LogP contribution in [0.3, 0.4) is 0 Å². The fourth-order valence-corrected chi connectivity index (χ4v) is 3.05. The smallest absolute Gasteiger partial charge is 0.337 e. The second kappa shape index (κ2) is 8.49. The first-order valence-electron chi connectivity index (χ1n) is 7.87. The van der Waals surface area contributed by atoms with Gasteiger partial charge in [0.15, 0.2) is 18.1 Å². The van der Waals surface area contributed by atoms with Crippen molar-refractivity contribution in [1.82, 2.24) is 0 Å². The van der Waals surface area contributed by atoms with Gasteiger partial charge in [0.05, 0.1) is 27.9 Å². The molecule has 0 unspecified atom stereocenters. The van der Waals surface area contributed by atoms with Crippen LogP contribution in [0.2, 0.25) is 5.02 Å². The zero-order valence-corrected chi connectivity index (χ0v) is 16.6. The third kappa shape index (κ3) is 4.64. The van der Waals surface area contributed by atoms with Crippen LogP contribution in [0.1, 0.15) is 10.4 Å². The van der Waals surface area contributed by atoms with Crippen molar-refractivity contribution in [3.63, 3.8) is 0 Å². The second-order valence-electron chi connectivity index (χ2n) is 5.45. The lowest BCUT2D eigenvalue weighted by molar-refractivity contribution is -0.118. The molecule has 0 radical (unpaired) electrons. The number of esters is 1. The predicted molar refractivity (Wildman–Crippen MR) is 102 cm³/mol. The Morgan fingerprint density at radius 2 is 1.89 bits per heavy atom. The zero-order chi connectivity index (χ0) is 19.4. The van der Waals surface area contributed by atoms with E-state index in [4.69, 9.17) is 25.8 Å². The maximum absolute atomic E-state index is 12.2. The van der Waals surface area contributed by atoms with Crippen LogP contribution in [-0.4, -0.2) is 38.8 Å². The van der Waals surface area contributed by atoms with Crippen LogP contribution in [0.15, 0.2) is 34.8 Å². The van der Waals surface area contributed by atoms with E-state index in [-0.39, 0.29) is 6.61 Å². The van der Waals surface area contributed by atoms with Crippen molar-refractivity contribution in [3.8, 4) is 17.2 Å². The highest BCUT2D eigenvalue weighted by molar-refractivity contribution is 9.10. The van der Waals surface area contributed by atoms with Gasteiger partial charge < -0.3 is 24.3 Å². The van der Waals surface area contributed by atoms with E-state index in [0.29, 0.717) is 51.2 Å². The molecule has 1 aliphatic heterocycles. The summed E-state index contributed by atoms with van der Waals surface area (Å²) in [7, 11) is 1.30. The number of ether oxygens (including phenoxy) is 4. The molecule has 27 heavy (non-hydrogen) atoms. The number of hydrogen-bond donors (Lipinski definition) is 1. The van der Waals surface area contributed by atoms with Crippen molar-refractivity contribution in [3.05, 3.63) is 45.4 Å². The van der Waals surface area contributed by atoms with E-state index in [1.807, 2.05) is 0 Å². The van der Waals surface area contributed by atoms with Crippen molar-refractivity contribution >= 4 is 45.1 Å². The average molecular weight is 457 g/mol. The minimum Gasteiger partial charge on any atom is -0.486 e. The van der Waals surface area contributed by atoms with Crippen molar-refractivity contribution in [1.29, 1.82) is 0 Å². The molecule has 7 nitrogen and oxygen atoms in total. The van der Waals surface area contributed by atoms with Crippen LogP contribution >= 0.6 is 27.5 Å². The molecule has 0 fully saturated rings. The number of carbonyl (C=O) groups excluding carboxylic acids is 2. The Balaban J connectivity index is 1.63. The summed E-state index contributed by atoms with van der Waals surface area (Å²) in [6, 6.07) is 7.86. The summed E-state index contributed by atoms with van der Waals surface area (Å²) in [6.45, 7) is 0.633. The number of benzene rings is 2. The highest BCUT2D eigenvalue weighted by atomic mass is 79.9. The first kappa shape index (κ1) is 19.3. The molecule has 2 aromatic rings. The number of methoxy groups -OCH3 is 1. The zero-order valence-electron chi connectivity index (χ0n) is 14.2. The topological polar surface area (TPSA) is 83.1 Å². The van der Waals surface area contributed by atoms with Gasteiger partial charge in [0, 0.05) is 12.1 Å². The molecule has 0 aliphatic carbocycles. The quantitative estimate of drug-likeness (QED) is 0.691. The van der Waals surface area contributed by atoms with Gasteiger partial charge in [0.1, 0.15) is 19.0 Å². The molecule has 9 heteroatoms. The van der Waals surface area contributed by atoms with Gasteiger partial charge >= 0.3 is 5.97 Å². The van der Waals surface area contributed by atoms with Crippen LogP contribution in [0.25, 0.3) is 0 Å². The summed E-state index contributed by atoms with van der Waals surface area (Å²) >= 11 is 9.46. The molecule has 1 aliphatic rings. The van der Waals surface area contributed by atoms with Crippen molar-refractivity contribution < 1.29 is 28.5 Å². The number of carbonyl (C=O) groups is 2. The van der Waals surface area contributed by atoms with Crippen LogP contribution in [0.4, 0.5) is 5.69 Å². The molecule has 1 heterocycles. The number of hydrogen-bond acceptors (Lipinski definition) is 6. The monoisotopic (exact) mass is 455 g/mol. The summed E-state index contributed by atoms with van der Waals surface area (Å²) in [5.74, 6) is 0.593. The molecule has 142 valence electrons. The summed E-state index contributed by atoms with van der Waals surface area (Å²) in [4.78, 5) is 23.7. The maximum Gasteiger partial charge on any atom is 0.337 e. The van der Waals surface area contributed by atoms with Gasteiger partial charge in [0.2, 0.25) is 0 Å². The third-order valence-electron chi connectivity index (χ3n) is 3.62. The number of fused-ring (bicyclic) bond motifs is 1. The van der Waals surface area contributed by atoms with Gasteiger partial charge in [-0.15, -0.1) is 0 Å². The van der Waals surface area contributed by atoms with E-state index < -0.39 is 11.9 Å². The SMILES string of the molecule is COC(=O)c1ccc(OCC(=O)Nc2cc3c(cc2Cl)OCCO3)c(Br)c1. The van der Waals surface area contributed by atoms with Crippen LogP contribution in [0, 0.1) is 0 Å². The second-order valence-corrected chi connectivity index (χ2v) is 6.71. The van der Waals surface area contributed by atoms with E-state index in [9.17, 15) is 9.59 Å². The van der Waals surface area contributed by atoms with Gasteiger partial charge in [-0.1, -0.05) is 11.6 Å². The standard InChI is InChI=1S/C18H15BrClNO6/c1-24-18(23)10-2-3-14(11(19)6-10)27-9-17(22)21-13-8-16-15(7-12(13)20)25-4-5-26-16/h2-3,6-8H,4-5,9H2,1H3,(H,21,22). The number of anilines is 1. The van der Waals surface area contributed by atoms with E-state index in [1.165, 1.54) is 7.11 Å². The molecule has 0 atom stereocenters. The normalized spacial score (nSPS) is 12.3. The highest BCUT2D eigenvalue weighted by Crippen LogP contribution is 2.38. The number of halogens is 2. The molecule has 0 bridgehead atoms. The summed E-state index contributed by atoms with van der Waals surface area (Å²) in [5, 5.41) is 3.00. The molecule has 2 aromatic carbocycles. The Morgan fingerprint density at radius 1 is 1.19 bits per heavy atom. The minimum atomic E-state index is -0.465. The van der Waals surface area contributed by atoms with E-state index in [0.717, 1.165) is 0 Å². The van der Waals surface area contributed by atoms with E-state index in [2.05, 4.69) is 26.0 Å². The van der Waals surface area contributed by atoms with Gasteiger partial charge in [-0.3, -0.25) is 4.79 Å². The Hall–Kier alpha value is -2.45. The maximum atomic E-state index is 12.2. The summed E-state index contributed by atoms with van der Waals surface area (Å²) in [6.07, 6.45) is 0. The fourth-order valence-electron chi connectivity index (χ4n) is 2.35. The number of rotatable bonds is 5. The highest BCUT2D eigenvalue weighted by Gasteiger charge is 2.17. The Kier molecular flexibility index (Phi) is 6.08. The molecular formula is C18H15BrClNO6. The molecule has 0 spiro atoms. The third-order valence-corrected chi connectivity index (χ3v) is 4.55. The summed E-state index contributed by atoms with van der Waals surface area (Å²) < 4.78 is 21.6. The van der Waals surface area contributed by atoms with Gasteiger partial charge in [-0.25, -0.2) is 4.79 Å². The molecular weight excluding hydrogens is 442 g/mol. The van der Waals surface area contributed by atoms with Gasteiger partial charge in [0.25, 0.3) is 5.91 Å². The molecule has 3 rings (SSSR count). The first-order chi connectivity index (χ1) is 13.0. The lowest BCUT2D eigenvalue weighted by Crippen LogP contribution is -2.21. The Labute approximate surface area is 168 Å². The lowest BCUT2D eigenvalue weighted by Gasteiger charge is -2.20. The largest absolute Gasteiger partial charge is 0.486 e. The molecule has 1 amide bonds. The van der Waals surface area contributed by atoms with Crippen molar-refractivity contribution in [2.45, 2.75) is 0 Å². The van der Waals surface area contributed by atoms with Crippen molar-refractivity contribution in [2.24, 2.45) is 0 Å². The average Bonchev–Trinajstić information content (AvgIpc) is 2.67. The van der Waals surface area contributed by atoms with Gasteiger partial charge in [-0.2, -0.15) is 0 Å². The van der Waals surface area contributed by atoms with E-state index in [1.54, 1.807) is 30.3 Å². The van der Waals surface area contributed by atoms with Crippen LogP contribution in [-0.2, 0) is 9.53 Å². The predicted octanol–water partition coefficient (Wildman–Crippen LogP) is 3.68. The van der Waals surface area contributed by atoms with E-state index >= 15 is 0 Å². The molecule has 0 saturated heterocycles. The molecule has 1 N–H and O–H groups in total. The first-order valence-corrected chi connectivity index (χ1v) is 9.04. The van der Waals surface area contributed by atoms with Gasteiger partial charge in [-0.05, 0) is 34.1 Å². The fraction of sp³-hybridized carbons (Fsp3) is 0.222. The van der Waals surface area contributed by atoms with Crippen LogP contribution in [0.5, 0.6) is 17.2 Å². The number of amides is 1. The minimum absolute atomic E-state index is 0.249. The Morgan fingerprint density at radius 3 is 2.56 bits per heavy atom. The number of nitrogens with one attached hydrogen (secondary N) is 1. The molecule has 0 saturated carbocycles.